The van der Waals surface area contributed by atoms with Crippen LogP contribution in [-0.2, 0) is 11.8 Å². The molecule has 0 spiro atoms. The van der Waals surface area contributed by atoms with Gasteiger partial charge in [-0.3, -0.25) is 14.0 Å². The Kier molecular flexibility index (Phi) is 5.85. The molecule has 0 radical (unpaired) electrons. The highest BCUT2D eigenvalue weighted by molar-refractivity contribution is 7.99. The summed E-state index contributed by atoms with van der Waals surface area (Å²) >= 11 is 1.26. The summed E-state index contributed by atoms with van der Waals surface area (Å²) in [6.45, 7) is 3.76. The molecule has 0 fully saturated rings. The van der Waals surface area contributed by atoms with Crippen LogP contribution in [0.2, 0.25) is 0 Å². The zero-order chi connectivity index (χ0) is 22.0. The zero-order valence-electron chi connectivity index (χ0n) is 17.3. The number of aromatic nitrogens is 5. The fourth-order valence-electron chi connectivity index (χ4n) is 3.22. The Balaban J connectivity index is 1.60. The lowest BCUT2D eigenvalue weighted by Crippen LogP contribution is -2.15. The van der Waals surface area contributed by atoms with E-state index < -0.39 is 0 Å². The molecule has 0 unspecified atom stereocenters. The molecule has 2 heterocycles. The van der Waals surface area contributed by atoms with Gasteiger partial charge in [0.25, 0.3) is 0 Å². The number of carbonyl (C=O) groups is 1. The molecular weight excluding hydrogens is 415 g/mol. The van der Waals surface area contributed by atoms with Gasteiger partial charge < -0.3 is 5.32 Å². The first kappa shape index (κ1) is 20.8. The van der Waals surface area contributed by atoms with E-state index in [2.05, 4.69) is 20.6 Å². The molecule has 0 bridgehead atoms. The molecule has 0 aliphatic heterocycles. The van der Waals surface area contributed by atoms with Crippen molar-refractivity contribution in [3.8, 4) is 17.1 Å². The van der Waals surface area contributed by atoms with Crippen molar-refractivity contribution in [2.75, 3.05) is 11.1 Å². The van der Waals surface area contributed by atoms with E-state index in [1.165, 1.54) is 23.9 Å². The molecule has 4 aromatic rings. The fraction of sp³-hybridized carbons (Fsp3) is 0.182. The molecule has 158 valence electrons. The topological polar surface area (TPSA) is 77.6 Å². The predicted molar refractivity (Wildman–Crippen MR) is 119 cm³/mol. The van der Waals surface area contributed by atoms with Gasteiger partial charge in [0.1, 0.15) is 5.82 Å². The molecule has 0 atom stereocenters. The summed E-state index contributed by atoms with van der Waals surface area (Å²) in [6, 6.07) is 15.7. The first-order chi connectivity index (χ1) is 14.9. The molecular formula is C22H21FN6OS. The summed E-state index contributed by atoms with van der Waals surface area (Å²) in [5, 5.41) is 16.4. The fourth-order valence-corrected chi connectivity index (χ4v) is 3.97. The Labute approximate surface area is 183 Å². The second kappa shape index (κ2) is 8.73. The highest BCUT2D eigenvalue weighted by Crippen LogP contribution is 2.28. The van der Waals surface area contributed by atoms with Crippen molar-refractivity contribution in [2.45, 2.75) is 19.0 Å². The smallest absolute Gasteiger partial charge is 0.234 e. The number of amides is 1. The molecule has 0 aliphatic rings. The molecule has 0 saturated heterocycles. The maximum atomic E-state index is 13.5. The zero-order valence-corrected chi connectivity index (χ0v) is 18.2. The minimum absolute atomic E-state index is 0.141. The van der Waals surface area contributed by atoms with Crippen molar-refractivity contribution in [3.05, 3.63) is 71.8 Å². The number of nitrogens with zero attached hydrogens (tertiary/aromatic N) is 5. The molecule has 31 heavy (non-hydrogen) atoms. The van der Waals surface area contributed by atoms with E-state index in [0.717, 1.165) is 22.6 Å². The summed E-state index contributed by atoms with van der Waals surface area (Å²) < 4.78 is 17.0. The van der Waals surface area contributed by atoms with Crippen LogP contribution in [0.5, 0.6) is 0 Å². The van der Waals surface area contributed by atoms with E-state index in [9.17, 15) is 9.18 Å². The van der Waals surface area contributed by atoms with E-state index >= 15 is 0 Å². The lowest BCUT2D eigenvalue weighted by Gasteiger charge is -2.10. The minimum Gasteiger partial charge on any atom is -0.322 e. The Morgan fingerprint density at radius 2 is 1.77 bits per heavy atom. The van der Waals surface area contributed by atoms with Crippen LogP contribution in [0.25, 0.3) is 17.1 Å². The van der Waals surface area contributed by atoms with Crippen LogP contribution >= 0.6 is 11.8 Å². The molecule has 4 rings (SSSR count). The lowest BCUT2D eigenvalue weighted by atomic mass is 10.2. The monoisotopic (exact) mass is 436 g/mol. The Morgan fingerprint density at radius 3 is 2.42 bits per heavy atom. The average molecular weight is 437 g/mol. The van der Waals surface area contributed by atoms with Crippen LogP contribution in [0.1, 0.15) is 11.4 Å². The number of rotatable bonds is 6. The third kappa shape index (κ3) is 4.36. The molecule has 2 aromatic heterocycles. The van der Waals surface area contributed by atoms with Crippen molar-refractivity contribution < 1.29 is 9.18 Å². The van der Waals surface area contributed by atoms with Crippen LogP contribution in [0.3, 0.4) is 0 Å². The number of benzene rings is 2. The Bertz CT molecular complexity index is 1220. The second-order valence-corrected chi connectivity index (χ2v) is 7.93. The number of hydrogen-bond donors (Lipinski definition) is 1. The minimum atomic E-state index is -0.325. The van der Waals surface area contributed by atoms with Crippen molar-refractivity contribution in [2.24, 2.45) is 7.05 Å². The van der Waals surface area contributed by atoms with Gasteiger partial charge in [-0.25, -0.2) is 4.39 Å². The number of carbonyl (C=O) groups excluding carboxylic acids is 1. The van der Waals surface area contributed by atoms with Gasteiger partial charge in [-0.15, -0.1) is 10.2 Å². The van der Waals surface area contributed by atoms with Gasteiger partial charge in [0, 0.05) is 18.3 Å². The highest BCUT2D eigenvalue weighted by atomic mass is 32.2. The standard InChI is InChI=1S/C22H21FN6OS/c1-14-20(15(2)28(3)27-14)24-19(30)13-31-22-26-25-21(16-7-5-4-6-8-16)29(22)18-11-9-17(23)10-12-18/h4-12H,13H2,1-3H3,(H,24,30). The Hall–Kier alpha value is -3.46. The predicted octanol–water partition coefficient (Wildman–Crippen LogP) is 4.15. The number of anilines is 1. The molecule has 0 saturated carbocycles. The number of thioether (sulfide) groups is 1. The molecule has 0 aliphatic carbocycles. The van der Waals surface area contributed by atoms with Crippen molar-refractivity contribution in [1.29, 1.82) is 0 Å². The van der Waals surface area contributed by atoms with Gasteiger partial charge in [0.2, 0.25) is 5.91 Å². The number of hydrogen-bond acceptors (Lipinski definition) is 5. The summed E-state index contributed by atoms with van der Waals surface area (Å²) in [5.41, 5.74) is 3.96. The summed E-state index contributed by atoms with van der Waals surface area (Å²) in [7, 11) is 1.84. The maximum absolute atomic E-state index is 13.5. The first-order valence-corrected chi connectivity index (χ1v) is 10.6. The second-order valence-electron chi connectivity index (χ2n) is 6.99. The number of halogens is 1. The SMILES string of the molecule is Cc1nn(C)c(C)c1NC(=O)CSc1nnc(-c2ccccc2)n1-c1ccc(F)cc1. The first-order valence-electron chi connectivity index (χ1n) is 9.63. The van der Waals surface area contributed by atoms with Crippen LogP contribution in [-0.4, -0.2) is 36.2 Å². The lowest BCUT2D eigenvalue weighted by molar-refractivity contribution is -0.113. The summed E-state index contributed by atoms with van der Waals surface area (Å²) in [4.78, 5) is 12.6. The Morgan fingerprint density at radius 1 is 1.06 bits per heavy atom. The van der Waals surface area contributed by atoms with Crippen LogP contribution < -0.4 is 5.32 Å². The maximum Gasteiger partial charge on any atom is 0.234 e. The van der Waals surface area contributed by atoms with E-state index in [0.29, 0.717) is 16.7 Å². The van der Waals surface area contributed by atoms with Gasteiger partial charge in [-0.2, -0.15) is 5.10 Å². The quantitative estimate of drug-likeness (QED) is 0.460. The summed E-state index contributed by atoms with van der Waals surface area (Å²) in [5.74, 6) is 0.268. The van der Waals surface area contributed by atoms with Crippen LogP contribution in [0, 0.1) is 19.7 Å². The average Bonchev–Trinajstić information content (AvgIpc) is 3.30. The third-order valence-electron chi connectivity index (χ3n) is 4.86. The van der Waals surface area contributed by atoms with Gasteiger partial charge in [-0.05, 0) is 38.1 Å². The van der Waals surface area contributed by atoms with Gasteiger partial charge in [0.15, 0.2) is 11.0 Å². The van der Waals surface area contributed by atoms with E-state index in [-0.39, 0.29) is 17.5 Å². The normalized spacial score (nSPS) is 11.0. The van der Waals surface area contributed by atoms with Crippen LogP contribution in [0.15, 0.2) is 59.8 Å². The van der Waals surface area contributed by atoms with Crippen LogP contribution in [0.4, 0.5) is 10.1 Å². The van der Waals surface area contributed by atoms with Gasteiger partial charge in [0.05, 0.1) is 22.8 Å². The largest absolute Gasteiger partial charge is 0.322 e. The summed E-state index contributed by atoms with van der Waals surface area (Å²) in [6.07, 6.45) is 0. The van der Waals surface area contributed by atoms with Crippen molar-refractivity contribution in [1.82, 2.24) is 24.5 Å². The molecule has 7 nitrogen and oxygen atoms in total. The van der Waals surface area contributed by atoms with Crippen molar-refractivity contribution in [3.63, 3.8) is 0 Å². The molecule has 1 amide bonds. The molecule has 2 aromatic carbocycles. The number of nitrogens with one attached hydrogen (secondary N) is 1. The van der Waals surface area contributed by atoms with E-state index in [4.69, 9.17) is 0 Å². The number of aryl methyl sites for hydroxylation is 2. The highest BCUT2D eigenvalue weighted by Gasteiger charge is 2.18. The molecule has 1 N–H and O–H groups in total. The molecule has 9 heteroatoms. The van der Waals surface area contributed by atoms with Crippen molar-refractivity contribution >= 4 is 23.4 Å². The van der Waals surface area contributed by atoms with E-state index in [1.54, 1.807) is 16.8 Å². The van der Waals surface area contributed by atoms with Gasteiger partial charge >= 0.3 is 0 Å². The van der Waals surface area contributed by atoms with Gasteiger partial charge in [-0.1, -0.05) is 42.1 Å². The van der Waals surface area contributed by atoms with E-state index in [1.807, 2.05) is 55.8 Å². The third-order valence-corrected chi connectivity index (χ3v) is 5.78.